The van der Waals surface area contributed by atoms with Gasteiger partial charge in [-0.1, -0.05) is 12.1 Å². The molecule has 0 spiro atoms. The fourth-order valence-electron chi connectivity index (χ4n) is 4.03. The van der Waals surface area contributed by atoms with Gasteiger partial charge >= 0.3 is 6.18 Å². The first-order valence-electron chi connectivity index (χ1n) is 9.15. The summed E-state index contributed by atoms with van der Waals surface area (Å²) in [7, 11) is 3.86. The summed E-state index contributed by atoms with van der Waals surface area (Å²) in [6, 6.07) is 6.75. The fourth-order valence-corrected chi connectivity index (χ4v) is 4.03. The summed E-state index contributed by atoms with van der Waals surface area (Å²) >= 11 is 0. The van der Waals surface area contributed by atoms with E-state index in [1.807, 2.05) is 19.0 Å². The largest absolute Gasteiger partial charge is 0.416 e. The van der Waals surface area contributed by atoms with Crippen LogP contribution in [0, 0.1) is 11.8 Å². The Kier molecular flexibility index (Phi) is 6.02. The van der Waals surface area contributed by atoms with Crippen molar-refractivity contribution in [2.45, 2.75) is 31.2 Å². The Morgan fingerprint density at radius 2 is 1.93 bits per heavy atom. The Morgan fingerprint density at radius 3 is 2.57 bits per heavy atom. The van der Waals surface area contributed by atoms with Gasteiger partial charge in [0.05, 0.1) is 11.7 Å². The number of benzene rings is 1. The fraction of sp³-hybridized carbons (Fsp3) is 0.500. The maximum atomic E-state index is 13.0. The van der Waals surface area contributed by atoms with E-state index in [0.29, 0.717) is 24.1 Å². The van der Waals surface area contributed by atoms with E-state index in [1.165, 1.54) is 12.3 Å². The highest BCUT2D eigenvalue weighted by molar-refractivity contribution is 5.56. The van der Waals surface area contributed by atoms with Gasteiger partial charge in [-0.3, -0.25) is 0 Å². The Hall–Kier alpha value is -2.03. The summed E-state index contributed by atoms with van der Waals surface area (Å²) in [5.74, 6) is -0.0530. The molecule has 0 aliphatic heterocycles. The van der Waals surface area contributed by atoms with Crippen molar-refractivity contribution in [2.75, 3.05) is 20.7 Å². The van der Waals surface area contributed by atoms with Crippen LogP contribution in [0.2, 0.25) is 0 Å². The van der Waals surface area contributed by atoms with Crippen LogP contribution < -0.4 is 0 Å². The summed E-state index contributed by atoms with van der Waals surface area (Å²) in [6.45, 7) is -0.123. The predicted octanol–water partition coefficient (Wildman–Crippen LogP) is 2.62. The van der Waals surface area contributed by atoms with Crippen LogP contribution in [-0.2, 0) is 12.6 Å². The minimum absolute atomic E-state index is 0.0146. The molecule has 8 heteroatoms. The van der Waals surface area contributed by atoms with Gasteiger partial charge < -0.3 is 15.1 Å². The molecule has 1 saturated carbocycles. The molecular formula is C20H24F3N3O2. The standard InChI is InChI=1S/C20H24F3N3O2/c1-26(2)17-10-18(28)16(11-27)15(17)9-14-6-7-24-19(25-14)12-4-3-5-13(8-12)20(21,22)23/h3-8,15-18,27-28H,9-11H2,1-2H3. The number of nitrogens with zero attached hydrogens (tertiary/aromatic N) is 3. The Morgan fingerprint density at radius 1 is 1.18 bits per heavy atom. The third-order valence-corrected chi connectivity index (χ3v) is 5.50. The minimum atomic E-state index is -4.43. The molecule has 4 atom stereocenters. The summed E-state index contributed by atoms with van der Waals surface area (Å²) in [4.78, 5) is 10.6. The summed E-state index contributed by atoms with van der Waals surface area (Å²) in [5, 5.41) is 20.0. The molecule has 3 rings (SSSR count). The smallest absolute Gasteiger partial charge is 0.396 e. The molecule has 2 N–H and O–H groups in total. The number of aliphatic hydroxyl groups is 2. The molecule has 2 aromatic rings. The van der Waals surface area contributed by atoms with Crippen LogP contribution in [0.4, 0.5) is 13.2 Å². The van der Waals surface area contributed by atoms with Crippen molar-refractivity contribution < 1.29 is 23.4 Å². The SMILES string of the molecule is CN(C)C1CC(O)C(CO)C1Cc1ccnc(-c2cccc(C(F)(F)F)c2)n1. The number of alkyl halides is 3. The number of aromatic nitrogens is 2. The Bertz CT molecular complexity index is 813. The van der Waals surface area contributed by atoms with Gasteiger partial charge in [0.15, 0.2) is 5.82 Å². The molecular weight excluding hydrogens is 371 g/mol. The van der Waals surface area contributed by atoms with Crippen molar-refractivity contribution in [3.63, 3.8) is 0 Å². The first-order chi connectivity index (χ1) is 13.2. The monoisotopic (exact) mass is 395 g/mol. The van der Waals surface area contributed by atoms with E-state index in [4.69, 9.17) is 0 Å². The molecule has 0 bridgehead atoms. The van der Waals surface area contributed by atoms with Gasteiger partial charge in [0.1, 0.15) is 0 Å². The van der Waals surface area contributed by atoms with E-state index < -0.39 is 17.8 Å². The van der Waals surface area contributed by atoms with E-state index in [2.05, 4.69) is 9.97 Å². The summed E-state index contributed by atoms with van der Waals surface area (Å²) in [5.41, 5.74) is 0.226. The minimum Gasteiger partial charge on any atom is -0.396 e. The highest BCUT2D eigenvalue weighted by Crippen LogP contribution is 2.37. The van der Waals surface area contributed by atoms with Crippen LogP contribution in [0.3, 0.4) is 0 Å². The molecule has 28 heavy (non-hydrogen) atoms. The van der Waals surface area contributed by atoms with Gasteiger partial charge in [-0.25, -0.2) is 9.97 Å². The molecule has 1 heterocycles. The van der Waals surface area contributed by atoms with Crippen molar-refractivity contribution in [1.29, 1.82) is 0 Å². The number of rotatable bonds is 5. The normalized spacial score (nSPS) is 25.4. The third-order valence-electron chi connectivity index (χ3n) is 5.50. The first kappa shape index (κ1) is 20.7. The summed E-state index contributed by atoms with van der Waals surface area (Å²) < 4.78 is 38.9. The van der Waals surface area contributed by atoms with Crippen LogP contribution in [-0.4, -0.2) is 57.9 Å². The molecule has 1 aliphatic rings. The van der Waals surface area contributed by atoms with Crippen LogP contribution in [0.15, 0.2) is 36.5 Å². The molecule has 4 unspecified atom stereocenters. The van der Waals surface area contributed by atoms with Crippen molar-refractivity contribution in [3.05, 3.63) is 47.8 Å². The van der Waals surface area contributed by atoms with Gasteiger partial charge in [0.25, 0.3) is 0 Å². The molecule has 0 saturated heterocycles. The molecule has 1 aromatic heterocycles. The number of aliphatic hydroxyl groups excluding tert-OH is 2. The summed E-state index contributed by atoms with van der Waals surface area (Å²) in [6.07, 6.45) is -2.43. The van der Waals surface area contributed by atoms with E-state index in [-0.39, 0.29) is 30.3 Å². The molecule has 5 nitrogen and oxygen atoms in total. The zero-order chi connectivity index (χ0) is 20.5. The zero-order valence-corrected chi connectivity index (χ0v) is 15.8. The third kappa shape index (κ3) is 4.34. The average Bonchev–Trinajstić information content (AvgIpc) is 2.97. The second-order valence-electron chi connectivity index (χ2n) is 7.50. The topological polar surface area (TPSA) is 69.5 Å². The lowest BCUT2D eigenvalue weighted by Gasteiger charge is -2.28. The van der Waals surface area contributed by atoms with Gasteiger partial charge in [-0.2, -0.15) is 13.2 Å². The first-order valence-corrected chi connectivity index (χ1v) is 9.15. The number of halogens is 3. The van der Waals surface area contributed by atoms with E-state index in [9.17, 15) is 23.4 Å². The van der Waals surface area contributed by atoms with E-state index in [1.54, 1.807) is 12.1 Å². The maximum absolute atomic E-state index is 13.0. The molecule has 152 valence electrons. The van der Waals surface area contributed by atoms with Crippen LogP contribution in [0.5, 0.6) is 0 Å². The van der Waals surface area contributed by atoms with Crippen LogP contribution in [0.1, 0.15) is 17.7 Å². The molecule has 1 aromatic carbocycles. The molecule has 0 amide bonds. The van der Waals surface area contributed by atoms with Crippen molar-refractivity contribution in [2.24, 2.45) is 11.8 Å². The second-order valence-corrected chi connectivity index (χ2v) is 7.50. The average molecular weight is 395 g/mol. The van der Waals surface area contributed by atoms with Gasteiger partial charge in [-0.05, 0) is 51.1 Å². The predicted molar refractivity (Wildman–Crippen MR) is 98.3 cm³/mol. The highest BCUT2D eigenvalue weighted by Gasteiger charge is 2.43. The van der Waals surface area contributed by atoms with Crippen LogP contribution >= 0.6 is 0 Å². The van der Waals surface area contributed by atoms with Crippen LogP contribution in [0.25, 0.3) is 11.4 Å². The zero-order valence-electron chi connectivity index (χ0n) is 15.8. The molecule has 1 fully saturated rings. The maximum Gasteiger partial charge on any atom is 0.416 e. The van der Waals surface area contributed by atoms with Gasteiger partial charge in [0, 0.05) is 36.0 Å². The van der Waals surface area contributed by atoms with E-state index >= 15 is 0 Å². The van der Waals surface area contributed by atoms with Crippen molar-refractivity contribution in [3.8, 4) is 11.4 Å². The Labute approximate surface area is 161 Å². The highest BCUT2D eigenvalue weighted by atomic mass is 19.4. The van der Waals surface area contributed by atoms with Crippen molar-refractivity contribution >= 4 is 0 Å². The lowest BCUT2D eigenvalue weighted by atomic mass is 9.88. The number of hydrogen-bond acceptors (Lipinski definition) is 5. The van der Waals surface area contributed by atoms with Gasteiger partial charge in [0.2, 0.25) is 0 Å². The lowest BCUT2D eigenvalue weighted by Crippen LogP contribution is -2.35. The molecule has 0 radical (unpaired) electrons. The van der Waals surface area contributed by atoms with Gasteiger partial charge in [-0.15, -0.1) is 0 Å². The Balaban J connectivity index is 1.87. The van der Waals surface area contributed by atoms with Crippen molar-refractivity contribution in [1.82, 2.24) is 14.9 Å². The van der Waals surface area contributed by atoms with E-state index in [0.717, 1.165) is 12.1 Å². The molecule has 1 aliphatic carbocycles. The second kappa shape index (κ2) is 8.14. The quantitative estimate of drug-likeness (QED) is 0.815. The lowest BCUT2D eigenvalue weighted by molar-refractivity contribution is -0.137. The number of hydrogen-bond donors (Lipinski definition) is 2.